The first-order valence-corrected chi connectivity index (χ1v) is 8.97. The largest absolute Gasteiger partial charge is 0.382 e. The second-order valence-corrected chi connectivity index (χ2v) is 6.15. The first-order chi connectivity index (χ1) is 14.2. The number of aromatic amines is 1. The van der Waals surface area contributed by atoms with Crippen LogP contribution in [0.1, 0.15) is 12.2 Å². The summed E-state index contributed by atoms with van der Waals surface area (Å²) in [5, 5.41) is 11.5. The van der Waals surface area contributed by atoms with Crippen LogP contribution < -0.4 is 16.8 Å². The van der Waals surface area contributed by atoms with Gasteiger partial charge in [-0.2, -0.15) is 5.11 Å². The molecule has 0 saturated heterocycles. The van der Waals surface area contributed by atoms with Crippen LogP contribution in [0.4, 0.5) is 28.8 Å². The third-order valence-corrected chi connectivity index (χ3v) is 4.10. The Labute approximate surface area is 165 Å². The van der Waals surface area contributed by atoms with E-state index in [1.165, 1.54) is 6.33 Å². The average Bonchev–Trinajstić information content (AvgIpc) is 3.21. The molecule has 4 aromatic rings. The van der Waals surface area contributed by atoms with Gasteiger partial charge < -0.3 is 21.8 Å². The van der Waals surface area contributed by atoms with Crippen molar-refractivity contribution < 1.29 is 0 Å². The molecule has 0 spiro atoms. The van der Waals surface area contributed by atoms with Crippen molar-refractivity contribution in [3.05, 3.63) is 48.8 Å². The quantitative estimate of drug-likeness (QED) is 0.276. The summed E-state index contributed by atoms with van der Waals surface area (Å²) in [4.78, 5) is 24.0. The van der Waals surface area contributed by atoms with Crippen LogP contribution in [0.3, 0.4) is 0 Å². The molecule has 0 bridgehead atoms. The lowest BCUT2D eigenvalue weighted by Gasteiger charge is -2.07. The number of nitrogens with two attached hydrogens (primary N) is 2. The Kier molecular flexibility index (Phi) is 5.18. The van der Waals surface area contributed by atoms with Crippen molar-refractivity contribution in [3.8, 4) is 0 Å². The molecule has 6 N–H and O–H groups in total. The molecule has 29 heavy (non-hydrogen) atoms. The second kappa shape index (κ2) is 8.25. The number of fused-ring (bicyclic) bond motifs is 1. The minimum Gasteiger partial charge on any atom is -0.382 e. The van der Waals surface area contributed by atoms with E-state index in [0.29, 0.717) is 35.9 Å². The minimum absolute atomic E-state index is 0.204. The van der Waals surface area contributed by atoms with E-state index >= 15 is 0 Å². The molecule has 0 atom stereocenters. The summed E-state index contributed by atoms with van der Waals surface area (Å²) in [6.45, 7) is 0.657. The minimum atomic E-state index is 0.204. The number of aryl methyl sites for hydroxylation is 1. The zero-order chi connectivity index (χ0) is 20.1. The van der Waals surface area contributed by atoms with Gasteiger partial charge in [0.2, 0.25) is 0 Å². The second-order valence-electron chi connectivity index (χ2n) is 6.15. The highest BCUT2D eigenvalue weighted by atomic mass is 15.2. The van der Waals surface area contributed by atoms with E-state index in [9.17, 15) is 0 Å². The summed E-state index contributed by atoms with van der Waals surface area (Å²) in [5.74, 6) is 1.66. The fourth-order valence-corrected chi connectivity index (χ4v) is 2.71. The summed E-state index contributed by atoms with van der Waals surface area (Å²) in [5.41, 5.74) is 14.4. The molecule has 1 aromatic carbocycles. The number of hydrogen-bond donors (Lipinski definition) is 4. The molecular weight excluding hydrogens is 370 g/mol. The third kappa shape index (κ3) is 4.24. The van der Waals surface area contributed by atoms with Crippen molar-refractivity contribution in [2.75, 3.05) is 23.3 Å². The maximum atomic E-state index is 6.00. The summed E-state index contributed by atoms with van der Waals surface area (Å²) in [6.07, 6.45) is 4.40. The Bertz CT molecular complexity index is 1110. The monoisotopic (exact) mass is 389 g/mol. The third-order valence-electron chi connectivity index (χ3n) is 4.10. The Hall–Kier alpha value is -4.15. The lowest BCUT2D eigenvalue weighted by molar-refractivity contribution is 0.802. The van der Waals surface area contributed by atoms with E-state index < -0.39 is 0 Å². The summed E-state index contributed by atoms with van der Waals surface area (Å²) in [6, 6.07) is 9.29. The first-order valence-electron chi connectivity index (χ1n) is 8.97. The Morgan fingerprint density at radius 2 is 1.76 bits per heavy atom. The van der Waals surface area contributed by atoms with Crippen molar-refractivity contribution in [1.29, 1.82) is 0 Å². The Balaban J connectivity index is 1.37. The van der Waals surface area contributed by atoms with Gasteiger partial charge in [-0.25, -0.2) is 24.9 Å². The van der Waals surface area contributed by atoms with E-state index in [1.54, 1.807) is 6.33 Å². The molecule has 11 heteroatoms. The van der Waals surface area contributed by atoms with Gasteiger partial charge in [0.25, 0.3) is 0 Å². The molecule has 3 heterocycles. The maximum absolute atomic E-state index is 6.00. The van der Waals surface area contributed by atoms with Crippen LogP contribution in [0.25, 0.3) is 11.2 Å². The lowest BCUT2D eigenvalue weighted by atomic mass is 10.3. The number of nitrogen functional groups attached to an aromatic ring is 2. The van der Waals surface area contributed by atoms with Crippen LogP contribution >= 0.6 is 0 Å². The predicted octanol–water partition coefficient (Wildman–Crippen LogP) is 2.77. The van der Waals surface area contributed by atoms with Gasteiger partial charge in [0, 0.05) is 13.0 Å². The van der Waals surface area contributed by atoms with Crippen LogP contribution in [-0.2, 0) is 6.42 Å². The standard InChI is InChI=1S/C18H19N11/c19-15-13(29-28-11-5-2-1-3-6-11)16(20)27-12(26-15)7-4-8-21-17-14-18(23-9-22-14)25-10-24-17/h1-3,5-6,9-10H,4,7-8H2,(H4,19,20,26,27)(H2,21,22,23,24,25). The number of imidazole rings is 1. The van der Waals surface area contributed by atoms with Gasteiger partial charge in [-0.1, -0.05) is 18.2 Å². The Morgan fingerprint density at radius 1 is 0.966 bits per heavy atom. The number of azo groups is 1. The molecule has 4 rings (SSSR count). The Morgan fingerprint density at radius 3 is 2.55 bits per heavy atom. The molecule has 0 aliphatic carbocycles. The molecule has 0 aliphatic heterocycles. The van der Waals surface area contributed by atoms with Gasteiger partial charge in [0.15, 0.2) is 28.8 Å². The van der Waals surface area contributed by atoms with E-state index in [-0.39, 0.29) is 17.3 Å². The van der Waals surface area contributed by atoms with E-state index in [0.717, 1.165) is 11.9 Å². The zero-order valence-corrected chi connectivity index (χ0v) is 15.4. The van der Waals surface area contributed by atoms with Gasteiger partial charge in [0.1, 0.15) is 17.7 Å². The molecule has 0 fully saturated rings. The smallest absolute Gasteiger partial charge is 0.182 e. The van der Waals surface area contributed by atoms with E-state index in [4.69, 9.17) is 11.5 Å². The van der Waals surface area contributed by atoms with E-state index in [2.05, 4.69) is 45.4 Å². The van der Waals surface area contributed by atoms with E-state index in [1.807, 2.05) is 30.3 Å². The number of rotatable bonds is 7. The van der Waals surface area contributed by atoms with Crippen LogP contribution in [-0.4, -0.2) is 36.4 Å². The molecule has 3 aromatic heterocycles. The number of benzene rings is 1. The van der Waals surface area contributed by atoms with Gasteiger partial charge in [-0.15, -0.1) is 5.11 Å². The van der Waals surface area contributed by atoms with Gasteiger partial charge >= 0.3 is 0 Å². The number of hydrogen-bond acceptors (Lipinski definition) is 10. The number of nitrogens with zero attached hydrogens (tertiary/aromatic N) is 7. The average molecular weight is 389 g/mol. The van der Waals surface area contributed by atoms with Crippen LogP contribution in [0.5, 0.6) is 0 Å². The topological polar surface area (TPSA) is 169 Å². The molecular formula is C18H19N11. The number of nitrogens with one attached hydrogen (secondary N) is 2. The highest BCUT2D eigenvalue weighted by Crippen LogP contribution is 2.28. The summed E-state index contributed by atoms with van der Waals surface area (Å²) >= 11 is 0. The first kappa shape index (κ1) is 18.2. The van der Waals surface area contributed by atoms with Gasteiger partial charge in [-0.3, -0.25) is 0 Å². The SMILES string of the molecule is Nc1nc(CCCNc2ncnc3nc[nH]c23)nc(N)c1N=Nc1ccccc1. The van der Waals surface area contributed by atoms with Crippen molar-refractivity contribution in [2.45, 2.75) is 12.8 Å². The highest BCUT2D eigenvalue weighted by molar-refractivity contribution is 5.81. The molecule has 0 aliphatic rings. The molecule has 0 unspecified atom stereocenters. The van der Waals surface area contributed by atoms with Crippen LogP contribution in [0, 0.1) is 0 Å². The van der Waals surface area contributed by atoms with Crippen molar-refractivity contribution in [3.63, 3.8) is 0 Å². The zero-order valence-electron chi connectivity index (χ0n) is 15.4. The molecule has 146 valence electrons. The molecule has 11 nitrogen and oxygen atoms in total. The van der Waals surface area contributed by atoms with Crippen LogP contribution in [0.2, 0.25) is 0 Å². The number of H-pyrrole nitrogens is 1. The van der Waals surface area contributed by atoms with Crippen molar-refractivity contribution in [2.24, 2.45) is 10.2 Å². The fraction of sp³-hybridized carbons (Fsp3) is 0.167. The van der Waals surface area contributed by atoms with Gasteiger partial charge in [-0.05, 0) is 18.6 Å². The maximum Gasteiger partial charge on any atom is 0.182 e. The highest BCUT2D eigenvalue weighted by Gasteiger charge is 2.10. The summed E-state index contributed by atoms with van der Waals surface area (Å²) in [7, 11) is 0. The van der Waals surface area contributed by atoms with Crippen LogP contribution in [0.15, 0.2) is 53.2 Å². The molecule has 0 amide bonds. The molecule has 0 saturated carbocycles. The number of anilines is 3. The molecule has 0 radical (unpaired) electrons. The fourth-order valence-electron chi connectivity index (χ4n) is 2.71. The normalized spacial score (nSPS) is 11.3. The summed E-state index contributed by atoms with van der Waals surface area (Å²) < 4.78 is 0. The van der Waals surface area contributed by atoms with Gasteiger partial charge in [0.05, 0.1) is 12.0 Å². The van der Waals surface area contributed by atoms with Crippen molar-refractivity contribution in [1.82, 2.24) is 29.9 Å². The number of aromatic nitrogens is 6. The van der Waals surface area contributed by atoms with Crippen molar-refractivity contribution >= 4 is 40.0 Å². The predicted molar refractivity (Wildman–Crippen MR) is 110 cm³/mol. The lowest BCUT2D eigenvalue weighted by Crippen LogP contribution is -2.08.